The molecule has 0 unspecified atom stereocenters. The van der Waals surface area contributed by atoms with E-state index in [0.29, 0.717) is 5.92 Å². The average molecular weight is 254 g/mol. The topological polar surface area (TPSA) is 55.6 Å². The Hall–Kier alpha value is -0.610. The van der Waals surface area contributed by atoms with Crippen LogP contribution in [0.5, 0.6) is 0 Å². The summed E-state index contributed by atoms with van der Waals surface area (Å²) in [5.41, 5.74) is 5.51. The number of ether oxygens (including phenoxy) is 1. The number of carbonyl (C=O) groups excluding carboxylic acids is 1. The average Bonchev–Trinajstić information content (AvgIpc) is 2.36. The molecule has 2 N–H and O–H groups in total. The normalized spacial score (nSPS) is 35.4. The van der Waals surface area contributed by atoms with E-state index in [-0.39, 0.29) is 12.1 Å². The molecule has 0 amide bonds. The fraction of sp³-hybridized carbons (Fsp3) is 0.929. The molecule has 1 heterocycles. The Morgan fingerprint density at radius 1 is 1.22 bits per heavy atom. The lowest BCUT2D eigenvalue weighted by atomic mass is 9.78. The standard InChI is InChI=1S/C14H26N2O2/c1-11-3-7-14(15,8-4-11)13(17)18-12-5-9-16(2)10-6-12/h11-12H,3-10,15H2,1-2H3. The van der Waals surface area contributed by atoms with E-state index in [1.54, 1.807) is 0 Å². The van der Waals surface area contributed by atoms with Gasteiger partial charge in [0.05, 0.1) is 0 Å². The number of hydrogen-bond donors (Lipinski definition) is 1. The Kier molecular flexibility index (Phi) is 4.28. The predicted octanol–water partition coefficient (Wildman–Crippen LogP) is 1.53. The van der Waals surface area contributed by atoms with Crippen molar-refractivity contribution < 1.29 is 9.53 Å². The molecule has 0 radical (unpaired) electrons. The SMILES string of the molecule is CC1CCC(N)(C(=O)OC2CCN(C)CC2)CC1. The second kappa shape index (κ2) is 5.57. The summed E-state index contributed by atoms with van der Waals surface area (Å²) in [4.78, 5) is 14.5. The third-order valence-electron chi connectivity index (χ3n) is 4.51. The predicted molar refractivity (Wildman–Crippen MR) is 71.2 cm³/mol. The van der Waals surface area contributed by atoms with Crippen molar-refractivity contribution >= 4 is 5.97 Å². The lowest BCUT2D eigenvalue weighted by molar-refractivity contribution is -0.159. The Bertz CT molecular complexity index is 290. The Morgan fingerprint density at radius 2 is 1.78 bits per heavy atom. The summed E-state index contributed by atoms with van der Waals surface area (Å²) in [6.07, 6.45) is 5.59. The highest BCUT2D eigenvalue weighted by Crippen LogP contribution is 2.31. The van der Waals surface area contributed by atoms with Gasteiger partial charge in [-0.2, -0.15) is 0 Å². The van der Waals surface area contributed by atoms with E-state index in [1.807, 2.05) is 0 Å². The van der Waals surface area contributed by atoms with Crippen molar-refractivity contribution in [1.82, 2.24) is 4.90 Å². The third kappa shape index (κ3) is 3.23. The molecule has 2 rings (SSSR count). The van der Waals surface area contributed by atoms with Gasteiger partial charge in [-0.15, -0.1) is 0 Å². The molecule has 18 heavy (non-hydrogen) atoms. The number of nitrogens with two attached hydrogens (primary N) is 1. The summed E-state index contributed by atoms with van der Waals surface area (Å²) in [6.45, 7) is 4.24. The van der Waals surface area contributed by atoms with Gasteiger partial charge in [-0.1, -0.05) is 6.92 Å². The molecule has 2 aliphatic rings. The molecule has 4 nitrogen and oxygen atoms in total. The highest BCUT2D eigenvalue weighted by molar-refractivity contribution is 5.80. The number of esters is 1. The Labute approximate surface area is 110 Å². The largest absolute Gasteiger partial charge is 0.461 e. The molecule has 0 atom stereocenters. The molecule has 1 aliphatic carbocycles. The first-order valence-corrected chi connectivity index (χ1v) is 7.18. The van der Waals surface area contributed by atoms with E-state index < -0.39 is 5.54 Å². The van der Waals surface area contributed by atoms with Gasteiger partial charge in [0.2, 0.25) is 0 Å². The van der Waals surface area contributed by atoms with E-state index in [0.717, 1.165) is 51.6 Å². The second-order valence-corrected chi connectivity index (χ2v) is 6.25. The summed E-state index contributed by atoms with van der Waals surface area (Å²) < 4.78 is 5.63. The van der Waals surface area contributed by atoms with Crippen LogP contribution in [0.3, 0.4) is 0 Å². The van der Waals surface area contributed by atoms with Crippen LogP contribution in [0.1, 0.15) is 45.4 Å². The molecule has 0 aromatic carbocycles. The summed E-state index contributed by atoms with van der Waals surface area (Å²) in [5.74, 6) is 0.529. The molecule has 0 aromatic rings. The molecule has 1 aliphatic heterocycles. The minimum absolute atomic E-state index is 0.0773. The van der Waals surface area contributed by atoms with Gasteiger partial charge < -0.3 is 15.4 Å². The Balaban J connectivity index is 1.83. The van der Waals surface area contributed by atoms with Gasteiger partial charge in [-0.3, -0.25) is 4.79 Å². The number of hydrogen-bond acceptors (Lipinski definition) is 4. The van der Waals surface area contributed by atoms with Crippen LogP contribution in [-0.4, -0.2) is 42.6 Å². The van der Waals surface area contributed by atoms with Crippen LogP contribution in [0.2, 0.25) is 0 Å². The van der Waals surface area contributed by atoms with E-state index in [4.69, 9.17) is 10.5 Å². The van der Waals surface area contributed by atoms with Gasteiger partial charge in [0.15, 0.2) is 0 Å². The number of carbonyl (C=O) groups is 1. The monoisotopic (exact) mass is 254 g/mol. The summed E-state index contributed by atoms with van der Waals surface area (Å²) in [6, 6.07) is 0. The van der Waals surface area contributed by atoms with Crippen molar-refractivity contribution in [2.75, 3.05) is 20.1 Å². The van der Waals surface area contributed by atoms with Crippen molar-refractivity contribution in [2.24, 2.45) is 11.7 Å². The number of likely N-dealkylation sites (tertiary alicyclic amines) is 1. The summed E-state index contributed by atoms with van der Waals surface area (Å²) >= 11 is 0. The molecular weight excluding hydrogens is 228 g/mol. The quantitative estimate of drug-likeness (QED) is 0.759. The molecule has 1 saturated carbocycles. The van der Waals surface area contributed by atoms with Crippen LogP contribution in [-0.2, 0) is 9.53 Å². The zero-order valence-electron chi connectivity index (χ0n) is 11.7. The lowest BCUT2D eigenvalue weighted by Gasteiger charge is -2.36. The number of rotatable bonds is 2. The van der Waals surface area contributed by atoms with Crippen LogP contribution >= 0.6 is 0 Å². The molecule has 2 fully saturated rings. The minimum Gasteiger partial charge on any atom is -0.461 e. The molecule has 0 bridgehead atoms. The van der Waals surface area contributed by atoms with Crippen LogP contribution < -0.4 is 5.73 Å². The summed E-state index contributed by atoms with van der Waals surface area (Å²) in [7, 11) is 2.10. The van der Waals surface area contributed by atoms with Gasteiger partial charge >= 0.3 is 5.97 Å². The van der Waals surface area contributed by atoms with Gasteiger partial charge in [-0.05, 0) is 51.5 Å². The van der Waals surface area contributed by atoms with Crippen LogP contribution in [0.15, 0.2) is 0 Å². The van der Waals surface area contributed by atoms with Crippen LogP contribution in [0.25, 0.3) is 0 Å². The first-order valence-electron chi connectivity index (χ1n) is 7.18. The van der Waals surface area contributed by atoms with E-state index in [1.165, 1.54) is 0 Å². The Morgan fingerprint density at radius 3 is 2.33 bits per heavy atom. The van der Waals surface area contributed by atoms with Crippen molar-refractivity contribution in [3.05, 3.63) is 0 Å². The van der Waals surface area contributed by atoms with Crippen molar-refractivity contribution in [3.63, 3.8) is 0 Å². The van der Waals surface area contributed by atoms with Gasteiger partial charge in [0.1, 0.15) is 11.6 Å². The first-order chi connectivity index (χ1) is 8.49. The molecule has 4 heteroatoms. The molecular formula is C14H26N2O2. The van der Waals surface area contributed by atoms with Gasteiger partial charge in [0, 0.05) is 13.1 Å². The number of piperidine rings is 1. The molecule has 104 valence electrons. The first kappa shape index (κ1) is 13.8. The molecule has 1 saturated heterocycles. The highest BCUT2D eigenvalue weighted by atomic mass is 16.5. The second-order valence-electron chi connectivity index (χ2n) is 6.25. The van der Waals surface area contributed by atoms with Crippen molar-refractivity contribution in [3.8, 4) is 0 Å². The lowest BCUT2D eigenvalue weighted by Crippen LogP contribution is -2.52. The van der Waals surface area contributed by atoms with Gasteiger partial charge in [-0.25, -0.2) is 0 Å². The number of nitrogens with zero attached hydrogens (tertiary/aromatic N) is 1. The van der Waals surface area contributed by atoms with Crippen LogP contribution in [0, 0.1) is 5.92 Å². The smallest absolute Gasteiger partial charge is 0.326 e. The van der Waals surface area contributed by atoms with E-state index >= 15 is 0 Å². The highest BCUT2D eigenvalue weighted by Gasteiger charge is 2.39. The minimum atomic E-state index is -0.712. The fourth-order valence-corrected chi connectivity index (χ4v) is 2.85. The maximum absolute atomic E-state index is 12.2. The van der Waals surface area contributed by atoms with Crippen molar-refractivity contribution in [1.29, 1.82) is 0 Å². The maximum Gasteiger partial charge on any atom is 0.326 e. The van der Waals surface area contributed by atoms with Crippen molar-refractivity contribution in [2.45, 2.75) is 57.1 Å². The van der Waals surface area contributed by atoms with Gasteiger partial charge in [0.25, 0.3) is 0 Å². The third-order valence-corrected chi connectivity index (χ3v) is 4.51. The zero-order valence-corrected chi connectivity index (χ0v) is 11.7. The summed E-state index contributed by atoms with van der Waals surface area (Å²) in [5, 5.41) is 0. The van der Waals surface area contributed by atoms with E-state index in [9.17, 15) is 4.79 Å². The van der Waals surface area contributed by atoms with E-state index in [2.05, 4.69) is 18.9 Å². The molecule has 0 spiro atoms. The maximum atomic E-state index is 12.2. The fourth-order valence-electron chi connectivity index (χ4n) is 2.85. The van der Waals surface area contributed by atoms with Crippen LogP contribution in [0.4, 0.5) is 0 Å². The zero-order chi connectivity index (χ0) is 13.2. The molecule has 0 aromatic heterocycles.